The molecule has 5 nitrogen and oxygen atoms in total. The zero-order valence-corrected chi connectivity index (χ0v) is 17.2. The maximum atomic E-state index is 13.1. The quantitative estimate of drug-likeness (QED) is 0.735. The fourth-order valence-electron chi connectivity index (χ4n) is 3.43. The van der Waals surface area contributed by atoms with Gasteiger partial charge in [-0.15, -0.1) is 0 Å². The fraction of sp³-hybridized carbons (Fsp3) is 0.400. The summed E-state index contributed by atoms with van der Waals surface area (Å²) in [6.07, 6.45) is 1.22. The lowest BCUT2D eigenvalue weighted by atomic mass is 10.0. The minimum Gasteiger partial charge on any atom is -0.224 e. The van der Waals surface area contributed by atoms with Gasteiger partial charge in [0.2, 0.25) is 10.0 Å². The van der Waals surface area contributed by atoms with Crippen LogP contribution in [0.2, 0.25) is 0 Å². The van der Waals surface area contributed by atoms with Crippen LogP contribution in [0, 0.1) is 0 Å². The van der Waals surface area contributed by atoms with Crippen molar-refractivity contribution in [2.75, 3.05) is 12.3 Å². The van der Waals surface area contributed by atoms with Crippen LogP contribution < -0.4 is 0 Å². The maximum Gasteiger partial charge on any atom is 0.243 e. The van der Waals surface area contributed by atoms with Crippen molar-refractivity contribution in [1.29, 1.82) is 0 Å². The van der Waals surface area contributed by atoms with E-state index in [0.29, 0.717) is 25.3 Å². The molecule has 146 valence electrons. The van der Waals surface area contributed by atoms with Crippen LogP contribution in [0.15, 0.2) is 64.4 Å². The van der Waals surface area contributed by atoms with Gasteiger partial charge in [-0.25, -0.2) is 16.8 Å². The molecule has 1 atom stereocenters. The predicted molar refractivity (Wildman–Crippen MR) is 106 cm³/mol. The Kier molecular flexibility index (Phi) is 5.74. The first-order valence-electron chi connectivity index (χ1n) is 9.11. The number of sulfone groups is 1. The molecule has 0 aliphatic carbocycles. The Bertz CT molecular complexity index is 982. The average Bonchev–Trinajstić information content (AvgIpc) is 3.11. The van der Waals surface area contributed by atoms with Crippen LogP contribution in [0.5, 0.6) is 0 Å². The topological polar surface area (TPSA) is 71.5 Å². The zero-order valence-electron chi connectivity index (χ0n) is 15.6. The first-order valence-corrected chi connectivity index (χ1v) is 12.2. The normalized spacial score (nSPS) is 18.9. The monoisotopic (exact) mass is 407 g/mol. The van der Waals surface area contributed by atoms with Crippen molar-refractivity contribution in [2.45, 2.75) is 48.4 Å². The second-order valence-electron chi connectivity index (χ2n) is 7.23. The van der Waals surface area contributed by atoms with Gasteiger partial charge in [-0.3, -0.25) is 0 Å². The lowest BCUT2D eigenvalue weighted by molar-refractivity contribution is 0.407. The Morgan fingerprint density at radius 2 is 1.56 bits per heavy atom. The van der Waals surface area contributed by atoms with Crippen LogP contribution in [0.3, 0.4) is 0 Å². The van der Waals surface area contributed by atoms with Crippen molar-refractivity contribution in [3.05, 3.63) is 60.2 Å². The van der Waals surface area contributed by atoms with Crippen molar-refractivity contribution in [3.63, 3.8) is 0 Å². The molecule has 0 radical (unpaired) electrons. The summed E-state index contributed by atoms with van der Waals surface area (Å²) in [7, 11) is -7.26. The Labute approximate surface area is 162 Å². The molecule has 27 heavy (non-hydrogen) atoms. The van der Waals surface area contributed by atoms with E-state index in [0.717, 1.165) is 5.56 Å². The fourth-order valence-corrected chi connectivity index (χ4v) is 6.83. The second-order valence-corrected chi connectivity index (χ2v) is 11.2. The standard InChI is InChI=1S/C20H25NO4S2/c1-16(2)17-10-12-20(13-11-17)27(24,25)21-14-6-7-18(21)15-26(22,23)19-8-4-3-5-9-19/h3-5,8-13,16,18H,6-7,14-15H2,1-2H3. The molecule has 0 bridgehead atoms. The Morgan fingerprint density at radius 1 is 0.926 bits per heavy atom. The Morgan fingerprint density at radius 3 is 2.15 bits per heavy atom. The van der Waals surface area contributed by atoms with Gasteiger partial charge < -0.3 is 0 Å². The van der Waals surface area contributed by atoms with Crippen molar-refractivity contribution in [1.82, 2.24) is 4.31 Å². The van der Waals surface area contributed by atoms with Gasteiger partial charge in [0.15, 0.2) is 9.84 Å². The summed E-state index contributed by atoms with van der Waals surface area (Å²) in [5, 5.41) is 0. The smallest absolute Gasteiger partial charge is 0.224 e. The summed E-state index contributed by atoms with van der Waals surface area (Å²) in [6, 6.07) is 14.5. The third kappa shape index (κ3) is 4.25. The summed E-state index contributed by atoms with van der Waals surface area (Å²) >= 11 is 0. The van der Waals surface area contributed by atoms with Crippen molar-refractivity contribution in [3.8, 4) is 0 Å². The summed E-state index contributed by atoms with van der Waals surface area (Å²) < 4.78 is 52.9. The Balaban J connectivity index is 1.85. The SMILES string of the molecule is CC(C)c1ccc(S(=O)(=O)N2CCCC2CS(=O)(=O)c2ccccc2)cc1. The molecule has 1 fully saturated rings. The molecule has 2 aromatic carbocycles. The number of hydrogen-bond acceptors (Lipinski definition) is 4. The molecule has 7 heteroatoms. The van der Waals surface area contributed by atoms with Crippen LogP contribution in [0.25, 0.3) is 0 Å². The van der Waals surface area contributed by atoms with E-state index in [1.54, 1.807) is 42.5 Å². The van der Waals surface area contributed by atoms with E-state index in [-0.39, 0.29) is 15.5 Å². The third-order valence-corrected chi connectivity index (χ3v) is 8.77. The molecule has 1 unspecified atom stereocenters. The molecule has 0 N–H and O–H groups in total. The average molecular weight is 408 g/mol. The zero-order chi connectivity index (χ0) is 19.7. The third-order valence-electron chi connectivity index (χ3n) is 4.99. The Hall–Kier alpha value is -1.70. The molecular weight excluding hydrogens is 382 g/mol. The van der Waals surface area contributed by atoms with Gasteiger partial charge in [0.25, 0.3) is 0 Å². The highest BCUT2D eigenvalue weighted by Gasteiger charge is 2.38. The summed E-state index contributed by atoms with van der Waals surface area (Å²) in [5.74, 6) is 0.123. The number of nitrogens with zero attached hydrogens (tertiary/aromatic N) is 1. The van der Waals surface area contributed by atoms with Crippen LogP contribution >= 0.6 is 0 Å². The minimum absolute atomic E-state index is 0.194. The van der Waals surface area contributed by atoms with E-state index in [1.807, 2.05) is 12.1 Å². The summed E-state index contributed by atoms with van der Waals surface area (Å²) in [4.78, 5) is 0.450. The second kappa shape index (κ2) is 7.73. The van der Waals surface area contributed by atoms with Crippen molar-refractivity contribution < 1.29 is 16.8 Å². The number of benzene rings is 2. The van der Waals surface area contributed by atoms with Gasteiger partial charge in [0.1, 0.15) is 0 Å². The highest BCUT2D eigenvalue weighted by molar-refractivity contribution is 7.91. The van der Waals surface area contributed by atoms with Gasteiger partial charge in [-0.1, -0.05) is 44.2 Å². The minimum atomic E-state index is -3.72. The predicted octanol–water partition coefficient (Wildman–Crippen LogP) is 3.44. The van der Waals surface area contributed by atoms with Gasteiger partial charge in [-0.2, -0.15) is 4.31 Å². The lowest BCUT2D eigenvalue weighted by Gasteiger charge is -2.24. The van der Waals surface area contributed by atoms with Gasteiger partial charge in [0, 0.05) is 12.6 Å². The molecule has 0 aromatic heterocycles. The first-order chi connectivity index (χ1) is 12.7. The molecule has 1 heterocycles. The molecule has 0 saturated carbocycles. The van der Waals surface area contributed by atoms with Crippen LogP contribution in [0.4, 0.5) is 0 Å². The first kappa shape index (κ1) is 20.0. The van der Waals surface area contributed by atoms with E-state index < -0.39 is 25.9 Å². The van der Waals surface area contributed by atoms with Gasteiger partial charge in [-0.05, 0) is 48.6 Å². The molecule has 2 aromatic rings. The number of sulfonamides is 1. The number of rotatable bonds is 6. The van der Waals surface area contributed by atoms with Gasteiger partial charge in [0.05, 0.1) is 15.5 Å². The van der Waals surface area contributed by atoms with Crippen molar-refractivity contribution >= 4 is 19.9 Å². The van der Waals surface area contributed by atoms with E-state index in [2.05, 4.69) is 13.8 Å². The van der Waals surface area contributed by atoms with Gasteiger partial charge >= 0.3 is 0 Å². The molecule has 1 aliphatic rings. The van der Waals surface area contributed by atoms with Crippen LogP contribution in [0.1, 0.15) is 38.2 Å². The highest BCUT2D eigenvalue weighted by atomic mass is 32.2. The van der Waals surface area contributed by atoms with Crippen LogP contribution in [-0.4, -0.2) is 39.5 Å². The molecule has 0 spiro atoms. The molecule has 1 saturated heterocycles. The van der Waals surface area contributed by atoms with Crippen molar-refractivity contribution in [2.24, 2.45) is 0 Å². The maximum absolute atomic E-state index is 13.1. The van der Waals surface area contributed by atoms with E-state index >= 15 is 0 Å². The van der Waals surface area contributed by atoms with Crippen LogP contribution in [-0.2, 0) is 19.9 Å². The lowest BCUT2D eigenvalue weighted by Crippen LogP contribution is -2.39. The van der Waals surface area contributed by atoms with E-state index in [9.17, 15) is 16.8 Å². The molecule has 3 rings (SSSR count). The van der Waals surface area contributed by atoms with E-state index in [4.69, 9.17) is 0 Å². The highest BCUT2D eigenvalue weighted by Crippen LogP contribution is 2.29. The van der Waals surface area contributed by atoms with E-state index in [1.165, 1.54) is 4.31 Å². The largest absolute Gasteiger partial charge is 0.243 e. The molecule has 0 amide bonds. The molecule has 1 aliphatic heterocycles. The summed E-state index contributed by atoms with van der Waals surface area (Å²) in [5.41, 5.74) is 1.07. The number of hydrogen-bond donors (Lipinski definition) is 0. The summed E-state index contributed by atoms with van der Waals surface area (Å²) in [6.45, 7) is 4.45. The molecular formula is C20H25NO4S2.